The van der Waals surface area contributed by atoms with E-state index >= 15 is 0 Å². The molecule has 0 saturated heterocycles. The van der Waals surface area contributed by atoms with E-state index in [1.54, 1.807) is 42.5 Å². The molecule has 0 fully saturated rings. The maximum absolute atomic E-state index is 13.8. The fraction of sp³-hybridized carbons (Fsp3) is 0.111. The van der Waals surface area contributed by atoms with Crippen molar-refractivity contribution in [3.05, 3.63) is 75.7 Å². The number of para-hydroxylation sites is 1. The van der Waals surface area contributed by atoms with Crippen molar-refractivity contribution in [2.24, 2.45) is 0 Å². The fourth-order valence-corrected chi connectivity index (χ4v) is 3.41. The van der Waals surface area contributed by atoms with E-state index in [1.165, 1.54) is 24.9 Å². The Balaban J connectivity index is 2.07. The predicted molar refractivity (Wildman–Crippen MR) is 91.9 cm³/mol. The summed E-state index contributed by atoms with van der Waals surface area (Å²) in [5, 5.41) is 0.780. The van der Waals surface area contributed by atoms with E-state index in [4.69, 9.17) is 4.74 Å². The normalized spacial score (nSPS) is 10.8. The molecule has 0 saturated carbocycles. The molecule has 3 aromatic rings. The number of benzene rings is 2. The zero-order valence-electron chi connectivity index (χ0n) is 12.8. The molecule has 0 atom stereocenters. The molecule has 0 amide bonds. The predicted octanol–water partition coefficient (Wildman–Crippen LogP) is 3.75. The topological polar surface area (TPSA) is 59.2 Å². The average molecular weight is 343 g/mol. The molecule has 1 heterocycles. The zero-order chi connectivity index (χ0) is 17.1. The largest absolute Gasteiger partial charge is 0.465 e. The van der Waals surface area contributed by atoms with Gasteiger partial charge in [-0.05, 0) is 23.8 Å². The second kappa shape index (κ2) is 6.88. The number of carbonyl (C=O) groups excluding carboxylic acids is 1. The van der Waals surface area contributed by atoms with Gasteiger partial charge < -0.3 is 9.72 Å². The minimum atomic E-state index is -0.710. The van der Waals surface area contributed by atoms with Crippen LogP contribution in [-0.2, 0) is 10.5 Å². The third kappa shape index (κ3) is 3.05. The van der Waals surface area contributed by atoms with Crippen molar-refractivity contribution < 1.29 is 13.9 Å². The van der Waals surface area contributed by atoms with Crippen LogP contribution >= 0.6 is 11.8 Å². The lowest BCUT2D eigenvalue weighted by molar-refractivity contribution is 0.0594. The first-order chi connectivity index (χ1) is 11.6. The number of nitrogens with one attached hydrogen (secondary N) is 1. The van der Waals surface area contributed by atoms with Crippen LogP contribution in [0.2, 0.25) is 0 Å². The van der Waals surface area contributed by atoms with Crippen LogP contribution in [0, 0.1) is 5.82 Å². The second-order valence-corrected chi connectivity index (χ2v) is 6.06. The van der Waals surface area contributed by atoms with Crippen molar-refractivity contribution in [3.8, 4) is 0 Å². The molecule has 4 nitrogen and oxygen atoms in total. The highest BCUT2D eigenvalue weighted by atomic mass is 32.2. The number of hydrogen-bond donors (Lipinski definition) is 1. The summed E-state index contributed by atoms with van der Waals surface area (Å²) in [4.78, 5) is 27.7. The highest BCUT2D eigenvalue weighted by Crippen LogP contribution is 2.26. The number of aromatic nitrogens is 1. The van der Waals surface area contributed by atoms with Gasteiger partial charge in [0.05, 0.1) is 17.7 Å². The number of methoxy groups -OCH3 is 1. The van der Waals surface area contributed by atoms with Gasteiger partial charge in [-0.15, -0.1) is 11.8 Å². The molecule has 1 aromatic heterocycles. The number of rotatable bonds is 4. The zero-order valence-corrected chi connectivity index (χ0v) is 13.7. The summed E-state index contributed by atoms with van der Waals surface area (Å²) in [5.74, 6) is -0.754. The van der Waals surface area contributed by atoms with Gasteiger partial charge >= 0.3 is 5.97 Å². The van der Waals surface area contributed by atoms with Crippen LogP contribution < -0.4 is 5.43 Å². The Morgan fingerprint density at radius 3 is 2.62 bits per heavy atom. The SMILES string of the molecule is COC(=O)c1c(SCc2ccccc2F)[nH]c2ccccc2c1=O. The summed E-state index contributed by atoms with van der Waals surface area (Å²) in [6.07, 6.45) is 0. The fourth-order valence-electron chi connectivity index (χ4n) is 2.37. The summed E-state index contributed by atoms with van der Waals surface area (Å²) in [5.41, 5.74) is 0.656. The molecular formula is C18H14FNO3S. The molecule has 1 N–H and O–H groups in total. The number of ether oxygens (including phenoxy) is 1. The summed E-state index contributed by atoms with van der Waals surface area (Å²) < 4.78 is 18.5. The van der Waals surface area contributed by atoms with Crippen LogP contribution in [0.1, 0.15) is 15.9 Å². The molecule has 0 aliphatic carbocycles. The molecule has 0 spiro atoms. The van der Waals surface area contributed by atoms with Crippen molar-refractivity contribution in [1.29, 1.82) is 0 Å². The van der Waals surface area contributed by atoms with Crippen LogP contribution in [0.5, 0.6) is 0 Å². The first kappa shape index (κ1) is 16.3. The van der Waals surface area contributed by atoms with Gasteiger partial charge in [-0.3, -0.25) is 4.79 Å². The minimum Gasteiger partial charge on any atom is -0.465 e. The summed E-state index contributed by atoms with van der Waals surface area (Å²) in [6.45, 7) is 0. The van der Waals surface area contributed by atoms with E-state index < -0.39 is 11.4 Å². The van der Waals surface area contributed by atoms with Crippen LogP contribution in [0.25, 0.3) is 10.9 Å². The molecule has 0 radical (unpaired) electrons. The van der Waals surface area contributed by atoms with E-state index in [2.05, 4.69) is 4.98 Å². The van der Waals surface area contributed by atoms with Crippen molar-refractivity contribution >= 4 is 28.6 Å². The van der Waals surface area contributed by atoms with Gasteiger partial charge in [0, 0.05) is 11.1 Å². The van der Waals surface area contributed by atoms with Crippen LogP contribution in [-0.4, -0.2) is 18.1 Å². The molecule has 3 rings (SSSR count). The Labute approximate surface area is 141 Å². The van der Waals surface area contributed by atoms with Crippen molar-refractivity contribution in [1.82, 2.24) is 4.98 Å². The van der Waals surface area contributed by atoms with Crippen molar-refractivity contribution in [2.75, 3.05) is 7.11 Å². The monoisotopic (exact) mass is 343 g/mol. The van der Waals surface area contributed by atoms with Gasteiger partial charge in [0.15, 0.2) is 0 Å². The number of esters is 1. The Morgan fingerprint density at radius 2 is 1.88 bits per heavy atom. The lowest BCUT2D eigenvalue weighted by atomic mass is 10.1. The van der Waals surface area contributed by atoms with Crippen LogP contribution in [0.4, 0.5) is 4.39 Å². The summed E-state index contributed by atoms with van der Waals surface area (Å²) >= 11 is 1.19. The number of aromatic amines is 1. The molecule has 2 aromatic carbocycles. The van der Waals surface area contributed by atoms with E-state index in [9.17, 15) is 14.0 Å². The molecule has 0 aliphatic rings. The highest BCUT2D eigenvalue weighted by molar-refractivity contribution is 7.98. The van der Waals surface area contributed by atoms with Gasteiger partial charge in [-0.2, -0.15) is 0 Å². The average Bonchev–Trinajstić information content (AvgIpc) is 2.60. The maximum atomic E-state index is 13.8. The molecule has 24 heavy (non-hydrogen) atoms. The van der Waals surface area contributed by atoms with Gasteiger partial charge in [-0.25, -0.2) is 9.18 Å². The third-order valence-electron chi connectivity index (χ3n) is 3.59. The molecule has 122 valence electrons. The Hall–Kier alpha value is -2.60. The lowest BCUT2D eigenvalue weighted by Crippen LogP contribution is -2.19. The molecular weight excluding hydrogens is 329 g/mol. The quantitative estimate of drug-likeness (QED) is 0.579. The van der Waals surface area contributed by atoms with Gasteiger partial charge in [-0.1, -0.05) is 30.3 Å². The number of carbonyl (C=O) groups is 1. The Kier molecular flexibility index (Phi) is 4.66. The van der Waals surface area contributed by atoms with Gasteiger partial charge in [0.1, 0.15) is 11.4 Å². The summed E-state index contributed by atoms with van der Waals surface area (Å²) in [7, 11) is 1.22. The standard InChI is InChI=1S/C18H14FNO3S/c1-23-18(22)15-16(21)12-7-3-5-9-14(12)20-17(15)24-10-11-6-2-4-8-13(11)19/h2-9H,10H2,1H3,(H,20,21). The second-order valence-electron chi connectivity index (χ2n) is 5.08. The Morgan fingerprint density at radius 1 is 1.17 bits per heavy atom. The molecule has 6 heteroatoms. The van der Waals surface area contributed by atoms with Gasteiger partial charge in [0.25, 0.3) is 0 Å². The van der Waals surface area contributed by atoms with E-state index in [-0.39, 0.29) is 17.1 Å². The Bertz CT molecular complexity index is 968. The number of fused-ring (bicyclic) bond motifs is 1. The van der Waals surface area contributed by atoms with E-state index in [1.807, 2.05) is 0 Å². The third-order valence-corrected chi connectivity index (χ3v) is 4.64. The lowest BCUT2D eigenvalue weighted by Gasteiger charge is -2.10. The van der Waals surface area contributed by atoms with E-state index in [0.29, 0.717) is 21.5 Å². The van der Waals surface area contributed by atoms with Crippen molar-refractivity contribution in [2.45, 2.75) is 10.8 Å². The highest BCUT2D eigenvalue weighted by Gasteiger charge is 2.20. The van der Waals surface area contributed by atoms with E-state index in [0.717, 1.165) is 0 Å². The van der Waals surface area contributed by atoms with Crippen molar-refractivity contribution in [3.63, 3.8) is 0 Å². The molecule has 0 bridgehead atoms. The maximum Gasteiger partial charge on any atom is 0.344 e. The number of pyridine rings is 1. The number of H-pyrrole nitrogens is 1. The number of hydrogen-bond acceptors (Lipinski definition) is 4. The summed E-state index contributed by atoms with van der Waals surface area (Å²) in [6, 6.07) is 13.3. The first-order valence-corrected chi connectivity index (χ1v) is 8.20. The smallest absolute Gasteiger partial charge is 0.344 e. The van der Waals surface area contributed by atoms with Gasteiger partial charge in [0.2, 0.25) is 5.43 Å². The number of thioether (sulfide) groups is 1. The number of halogens is 1. The van der Waals surface area contributed by atoms with Crippen LogP contribution in [0.15, 0.2) is 58.4 Å². The minimum absolute atomic E-state index is 0.0578. The van der Waals surface area contributed by atoms with Crippen LogP contribution in [0.3, 0.4) is 0 Å². The molecule has 0 unspecified atom stereocenters. The first-order valence-electron chi connectivity index (χ1n) is 7.21. The molecule has 0 aliphatic heterocycles.